The van der Waals surface area contributed by atoms with E-state index in [0.29, 0.717) is 18.8 Å². The van der Waals surface area contributed by atoms with E-state index in [1.54, 1.807) is 12.1 Å². The summed E-state index contributed by atoms with van der Waals surface area (Å²) in [4.78, 5) is 15.0. The van der Waals surface area contributed by atoms with Gasteiger partial charge in [0.05, 0.1) is 0 Å². The molecule has 1 saturated heterocycles. The Morgan fingerprint density at radius 2 is 1.46 bits per heavy atom. The quantitative estimate of drug-likeness (QED) is 0.682. The topological polar surface area (TPSA) is 49.8 Å². The maximum absolute atomic E-state index is 12.9. The molecule has 1 N–H and O–H groups in total. The molecule has 0 spiro atoms. The highest BCUT2D eigenvalue weighted by molar-refractivity contribution is 6.17. The molecule has 0 bridgehead atoms. The molecule has 0 unspecified atom stereocenters. The van der Waals surface area contributed by atoms with Gasteiger partial charge in [-0.25, -0.2) is 0 Å². The van der Waals surface area contributed by atoms with E-state index in [1.807, 2.05) is 50.4 Å². The van der Waals surface area contributed by atoms with E-state index in [0.717, 1.165) is 22.3 Å². The second-order valence-electron chi connectivity index (χ2n) is 6.59. The van der Waals surface area contributed by atoms with Crippen LogP contribution in [0, 0.1) is 6.92 Å². The molecule has 1 aliphatic heterocycles. The molecule has 0 saturated carbocycles. The van der Waals surface area contributed by atoms with Crippen molar-refractivity contribution in [3.63, 3.8) is 0 Å². The van der Waals surface area contributed by atoms with Crippen molar-refractivity contribution in [2.24, 2.45) is 0 Å². The number of hydrogen-bond donors (Lipinski definition) is 1. The lowest BCUT2D eigenvalue weighted by Gasteiger charge is -2.26. The molecule has 1 fully saturated rings. The van der Waals surface area contributed by atoms with E-state index >= 15 is 0 Å². The van der Waals surface area contributed by atoms with E-state index in [2.05, 4.69) is 17.0 Å². The summed E-state index contributed by atoms with van der Waals surface area (Å²) in [5.41, 5.74) is 4.75. The summed E-state index contributed by atoms with van der Waals surface area (Å²) in [5, 5.41) is 8.79. The van der Waals surface area contributed by atoms with E-state index in [9.17, 15) is 4.79 Å². The van der Waals surface area contributed by atoms with Gasteiger partial charge in [0.2, 0.25) is 0 Å². The third-order valence-electron chi connectivity index (χ3n) is 4.33. The number of benzene rings is 2. The first-order valence-electron chi connectivity index (χ1n) is 8.60. The molecule has 5 heteroatoms. The van der Waals surface area contributed by atoms with Crippen LogP contribution in [-0.2, 0) is 4.79 Å². The minimum atomic E-state index is -0.350. The first kappa shape index (κ1) is 18.2. The predicted octanol–water partition coefficient (Wildman–Crippen LogP) is 2.61. The molecule has 1 heterocycles. The number of hydrogen-bond acceptors (Lipinski definition) is 4. The molecular weight excluding hydrogens is 325 g/mol. The number of likely N-dealkylation sites (tertiary alicyclic amines) is 1. The van der Waals surface area contributed by atoms with Gasteiger partial charge in [0.15, 0.2) is 5.78 Å². The van der Waals surface area contributed by atoms with Crippen molar-refractivity contribution >= 4 is 25.6 Å². The summed E-state index contributed by atoms with van der Waals surface area (Å²) < 4.78 is 5.03. The van der Waals surface area contributed by atoms with Crippen LogP contribution in [0.5, 0.6) is 5.75 Å². The molecule has 2 aromatic rings. The molecule has 132 valence electrons. The minimum absolute atomic E-state index is 0.0966. The molecule has 0 aliphatic carbocycles. The van der Waals surface area contributed by atoms with Crippen molar-refractivity contribution in [3.05, 3.63) is 76.4 Å². The predicted molar refractivity (Wildman–Crippen MR) is 106 cm³/mol. The highest BCUT2D eigenvalue weighted by atomic mass is 16.5. The number of nitrogens with zero attached hydrogens (tertiary/aromatic N) is 1. The molecular formula is C21H22BNO3. The molecule has 4 nitrogen and oxygen atoms in total. The number of ketones is 1. The average molecular weight is 347 g/mol. The van der Waals surface area contributed by atoms with Crippen molar-refractivity contribution in [3.8, 4) is 5.75 Å². The fourth-order valence-corrected chi connectivity index (χ4v) is 3.01. The molecule has 0 radical (unpaired) electrons. The maximum atomic E-state index is 12.9. The first-order valence-corrected chi connectivity index (χ1v) is 8.60. The number of likely N-dealkylation sites (N-methyl/N-ethyl adjacent to an activating group) is 1. The number of piperidine rings is 1. The van der Waals surface area contributed by atoms with Gasteiger partial charge in [-0.15, -0.1) is 0 Å². The van der Waals surface area contributed by atoms with Crippen molar-refractivity contribution < 1.29 is 14.5 Å². The monoisotopic (exact) mass is 347 g/mol. The molecule has 1 aliphatic rings. The normalized spacial score (nSPS) is 18.3. The van der Waals surface area contributed by atoms with Gasteiger partial charge in [-0.05, 0) is 49.4 Å². The number of carbonyl (C=O) groups excluding carboxylic acids is 1. The number of rotatable bonds is 4. The zero-order valence-electron chi connectivity index (χ0n) is 15.1. The second kappa shape index (κ2) is 8.17. The molecule has 0 aromatic heterocycles. The molecule has 0 atom stereocenters. The fourth-order valence-electron chi connectivity index (χ4n) is 3.01. The van der Waals surface area contributed by atoms with Gasteiger partial charge in [-0.2, -0.15) is 0 Å². The summed E-state index contributed by atoms with van der Waals surface area (Å²) in [6.45, 7) is 3.32. The van der Waals surface area contributed by atoms with Crippen LogP contribution in [0.3, 0.4) is 0 Å². The van der Waals surface area contributed by atoms with Gasteiger partial charge in [-0.1, -0.05) is 42.0 Å². The summed E-state index contributed by atoms with van der Waals surface area (Å²) in [5.74, 6) is 0.695. The first-order chi connectivity index (χ1) is 12.5. The average Bonchev–Trinajstić information content (AvgIpc) is 2.63. The van der Waals surface area contributed by atoms with Crippen molar-refractivity contribution in [2.75, 3.05) is 20.1 Å². The fraction of sp³-hybridized carbons (Fsp3) is 0.190. The Bertz CT molecular complexity index is 839. The van der Waals surface area contributed by atoms with E-state index in [-0.39, 0.29) is 13.5 Å². The standard InChI is InChI=1S/C21H22BNO3/c1-15-3-5-16(6-4-15)11-18-13-23(2)14-19(21(18)24)12-17-7-9-20(10-8-17)26-22-25/h3-12,22,25H,13-14H2,1-2H3/b18-11+,19-12+. The van der Waals surface area contributed by atoms with Crippen LogP contribution >= 0.6 is 0 Å². The Morgan fingerprint density at radius 1 is 0.962 bits per heavy atom. The smallest absolute Gasteiger partial charge is 0.504 e. The zero-order chi connectivity index (χ0) is 18.5. The summed E-state index contributed by atoms with van der Waals surface area (Å²) in [6.07, 6.45) is 3.90. The number of aryl methyl sites for hydroxylation is 1. The van der Waals surface area contributed by atoms with Crippen LogP contribution in [0.4, 0.5) is 0 Å². The van der Waals surface area contributed by atoms with Gasteiger partial charge < -0.3 is 9.68 Å². The Kier molecular flexibility index (Phi) is 5.71. The van der Waals surface area contributed by atoms with E-state index < -0.39 is 0 Å². The summed E-state index contributed by atoms with van der Waals surface area (Å²) in [6, 6.07) is 15.5. The Labute approximate surface area is 154 Å². The lowest BCUT2D eigenvalue weighted by molar-refractivity contribution is -0.113. The molecule has 2 aromatic carbocycles. The highest BCUT2D eigenvalue weighted by Gasteiger charge is 2.23. The van der Waals surface area contributed by atoms with Crippen molar-refractivity contribution in [1.29, 1.82) is 0 Å². The number of carbonyl (C=O) groups is 1. The van der Waals surface area contributed by atoms with E-state index in [1.165, 1.54) is 5.56 Å². The summed E-state index contributed by atoms with van der Waals surface area (Å²) in [7, 11) is 1.67. The molecule has 0 amide bonds. The highest BCUT2D eigenvalue weighted by Crippen LogP contribution is 2.22. The lowest BCUT2D eigenvalue weighted by Crippen LogP contribution is -2.34. The Morgan fingerprint density at radius 3 is 1.96 bits per heavy atom. The molecule has 3 rings (SSSR count). The van der Waals surface area contributed by atoms with Gasteiger partial charge in [0.1, 0.15) is 5.75 Å². The third kappa shape index (κ3) is 4.51. The third-order valence-corrected chi connectivity index (χ3v) is 4.33. The number of Topliss-reactive ketones (excluding diaryl/α,β-unsaturated/α-hetero) is 1. The van der Waals surface area contributed by atoms with Crippen LogP contribution in [0.15, 0.2) is 59.7 Å². The maximum Gasteiger partial charge on any atom is 0.504 e. The SMILES string of the molecule is Cc1ccc(/C=C2\CN(C)C/C(=C\c3ccc(OBO)cc3)C2=O)cc1. The second-order valence-corrected chi connectivity index (χ2v) is 6.59. The van der Waals surface area contributed by atoms with Gasteiger partial charge in [-0.3, -0.25) is 9.69 Å². The summed E-state index contributed by atoms with van der Waals surface area (Å²) >= 11 is 0. The van der Waals surface area contributed by atoms with Crippen molar-refractivity contribution in [2.45, 2.75) is 6.92 Å². The molecule has 26 heavy (non-hydrogen) atoms. The van der Waals surface area contributed by atoms with Gasteiger partial charge >= 0.3 is 7.69 Å². The Hall–Kier alpha value is -2.63. The van der Waals surface area contributed by atoms with Crippen LogP contribution in [-0.4, -0.2) is 43.5 Å². The van der Waals surface area contributed by atoms with Crippen LogP contribution < -0.4 is 4.65 Å². The van der Waals surface area contributed by atoms with Crippen LogP contribution in [0.25, 0.3) is 12.2 Å². The van der Waals surface area contributed by atoms with Gasteiger partial charge in [0, 0.05) is 24.2 Å². The minimum Gasteiger partial charge on any atom is -0.539 e. The zero-order valence-corrected chi connectivity index (χ0v) is 15.1. The van der Waals surface area contributed by atoms with Crippen LogP contribution in [0.1, 0.15) is 16.7 Å². The van der Waals surface area contributed by atoms with Crippen LogP contribution in [0.2, 0.25) is 0 Å². The Balaban J connectivity index is 1.85. The van der Waals surface area contributed by atoms with Crippen molar-refractivity contribution in [1.82, 2.24) is 4.90 Å². The lowest BCUT2D eigenvalue weighted by atomic mass is 9.94. The largest absolute Gasteiger partial charge is 0.539 e. The van der Waals surface area contributed by atoms with Gasteiger partial charge in [0.25, 0.3) is 0 Å². The van der Waals surface area contributed by atoms with E-state index in [4.69, 9.17) is 9.68 Å².